The Morgan fingerprint density at radius 1 is 0.833 bits per heavy atom. The molecular weight excluding hydrogens is 476 g/mol. The molecule has 3 N–H and O–H groups in total. The Morgan fingerprint density at radius 2 is 1.61 bits per heavy atom. The fraction of sp³-hybridized carbons (Fsp3) is 0.0385. The number of nitrogens with zero attached hydrogens (tertiary/aromatic N) is 3. The second-order valence-corrected chi connectivity index (χ2v) is 8.57. The summed E-state index contributed by atoms with van der Waals surface area (Å²) in [6.45, 7) is 0. The van der Waals surface area contributed by atoms with Gasteiger partial charge in [-0.15, -0.1) is 21.5 Å². The van der Waals surface area contributed by atoms with Gasteiger partial charge in [0.05, 0.1) is 29.9 Å². The summed E-state index contributed by atoms with van der Waals surface area (Å²) in [6, 6.07) is 23.5. The van der Waals surface area contributed by atoms with Gasteiger partial charge in [0, 0.05) is 17.1 Å². The van der Waals surface area contributed by atoms with Gasteiger partial charge >= 0.3 is 12.0 Å². The molecule has 0 saturated carbocycles. The standard InChI is InChI=1S/C26H20N6O3S/c1-35-25(33)23-22(17-10-7-15-27-24(17)36-23)28-19-11-5-6-12-20(19)29-26(34)30-21-14-13-18(31-32-21)16-8-3-2-4-9-16/h2-15,28H,1H3,(H2,29,30,32,34). The summed E-state index contributed by atoms with van der Waals surface area (Å²) < 4.78 is 4.95. The number of urea groups is 1. The molecule has 36 heavy (non-hydrogen) atoms. The number of anilines is 4. The van der Waals surface area contributed by atoms with Gasteiger partial charge in [0.1, 0.15) is 9.71 Å². The van der Waals surface area contributed by atoms with E-state index in [-0.39, 0.29) is 0 Å². The van der Waals surface area contributed by atoms with Crippen LogP contribution in [0.4, 0.5) is 27.7 Å². The van der Waals surface area contributed by atoms with Crippen LogP contribution in [0.15, 0.2) is 85.1 Å². The summed E-state index contributed by atoms with van der Waals surface area (Å²) in [5, 5.41) is 17.8. The zero-order valence-corrected chi connectivity index (χ0v) is 19.9. The molecule has 9 nitrogen and oxygen atoms in total. The highest BCUT2D eigenvalue weighted by molar-refractivity contribution is 7.21. The molecule has 0 unspecified atom stereocenters. The van der Waals surface area contributed by atoms with Crippen molar-refractivity contribution in [3.05, 3.63) is 89.9 Å². The van der Waals surface area contributed by atoms with Gasteiger partial charge in [0.2, 0.25) is 0 Å². The average molecular weight is 497 g/mol. The monoisotopic (exact) mass is 496 g/mol. The van der Waals surface area contributed by atoms with E-state index in [9.17, 15) is 9.59 Å². The third-order valence-corrected chi connectivity index (χ3v) is 6.34. The lowest BCUT2D eigenvalue weighted by atomic mass is 10.1. The van der Waals surface area contributed by atoms with Crippen molar-refractivity contribution in [2.75, 3.05) is 23.1 Å². The first-order valence-electron chi connectivity index (χ1n) is 10.9. The van der Waals surface area contributed by atoms with Gasteiger partial charge in [-0.25, -0.2) is 14.6 Å². The Hall–Kier alpha value is -4.83. The van der Waals surface area contributed by atoms with Crippen LogP contribution in [0.3, 0.4) is 0 Å². The lowest BCUT2D eigenvalue weighted by molar-refractivity contribution is 0.0607. The normalized spacial score (nSPS) is 10.6. The van der Waals surface area contributed by atoms with Gasteiger partial charge < -0.3 is 15.4 Å². The van der Waals surface area contributed by atoms with E-state index in [1.807, 2.05) is 42.5 Å². The van der Waals surface area contributed by atoms with E-state index in [0.717, 1.165) is 10.9 Å². The fourth-order valence-corrected chi connectivity index (χ4v) is 4.58. The molecule has 0 spiro atoms. The Balaban J connectivity index is 1.35. The Morgan fingerprint density at radius 3 is 2.36 bits per heavy atom. The highest BCUT2D eigenvalue weighted by atomic mass is 32.1. The summed E-state index contributed by atoms with van der Waals surface area (Å²) >= 11 is 1.23. The lowest BCUT2D eigenvalue weighted by Gasteiger charge is -2.14. The summed E-state index contributed by atoms with van der Waals surface area (Å²) in [4.78, 5) is 30.6. The van der Waals surface area contributed by atoms with Crippen LogP contribution >= 0.6 is 11.3 Å². The molecule has 0 aliphatic carbocycles. The molecule has 2 aromatic carbocycles. The summed E-state index contributed by atoms with van der Waals surface area (Å²) in [5.41, 5.74) is 3.29. The van der Waals surface area contributed by atoms with E-state index in [4.69, 9.17) is 4.74 Å². The molecule has 0 bridgehead atoms. The van der Waals surface area contributed by atoms with Gasteiger partial charge in [0.25, 0.3) is 0 Å². The van der Waals surface area contributed by atoms with E-state index < -0.39 is 12.0 Å². The van der Waals surface area contributed by atoms with E-state index >= 15 is 0 Å². The van der Waals surface area contributed by atoms with Crippen LogP contribution < -0.4 is 16.0 Å². The van der Waals surface area contributed by atoms with Crippen molar-refractivity contribution in [3.63, 3.8) is 0 Å². The molecule has 0 fully saturated rings. The van der Waals surface area contributed by atoms with Crippen molar-refractivity contribution in [2.24, 2.45) is 0 Å². The van der Waals surface area contributed by atoms with Crippen LogP contribution in [0.25, 0.3) is 21.5 Å². The minimum absolute atomic E-state index is 0.306. The molecule has 0 aliphatic rings. The molecule has 10 heteroatoms. The first-order valence-corrected chi connectivity index (χ1v) is 11.7. The van der Waals surface area contributed by atoms with Crippen LogP contribution in [0.5, 0.6) is 0 Å². The van der Waals surface area contributed by atoms with E-state index in [1.165, 1.54) is 18.4 Å². The number of nitrogens with one attached hydrogen (secondary N) is 3. The zero-order chi connectivity index (χ0) is 24.9. The fourth-order valence-electron chi connectivity index (χ4n) is 3.56. The number of esters is 1. The van der Waals surface area contributed by atoms with Gasteiger partial charge in [-0.05, 0) is 36.4 Å². The van der Waals surface area contributed by atoms with Crippen LogP contribution in [-0.2, 0) is 4.74 Å². The second kappa shape index (κ2) is 10.2. The number of benzene rings is 2. The molecule has 5 aromatic rings. The summed E-state index contributed by atoms with van der Waals surface area (Å²) in [7, 11) is 1.33. The second-order valence-electron chi connectivity index (χ2n) is 7.57. The number of ether oxygens (including phenoxy) is 1. The minimum Gasteiger partial charge on any atom is -0.465 e. The van der Waals surface area contributed by atoms with Crippen LogP contribution in [0.2, 0.25) is 0 Å². The van der Waals surface area contributed by atoms with Gasteiger partial charge in [0.15, 0.2) is 5.82 Å². The van der Waals surface area contributed by atoms with Crippen molar-refractivity contribution in [3.8, 4) is 11.3 Å². The number of carbonyl (C=O) groups excluding carboxylic acids is 2. The Bertz CT molecular complexity index is 1540. The highest BCUT2D eigenvalue weighted by Gasteiger charge is 2.21. The number of amides is 2. The first-order chi connectivity index (χ1) is 17.6. The number of pyridine rings is 1. The maximum atomic E-state index is 12.7. The maximum Gasteiger partial charge on any atom is 0.350 e. The van der Waals surface area contributed by atoms with Gasteiger partial charge in [-0.1, -0.05) is 42.5 Å². The Kier molecular flexibility index (Phi) is 6.50. The zero-order valence-electron chi connectivity index (χ0n) is 19.1. The van der Waals surface area contributed by atoms with Gasteiger partial charge in [-0.3, -0.25) is 5.32 Å². The topological polar surface area (TPSA) is 118 Å². The number of hydrogen-bond donors (Lipinski definition) is 3. The average Bonchev–Trinajstić information content (AvgIpc) is 3.28. The van der Waals surface area contributed by atoms with E-state index in [2.05, 4.69) is 31.1 Å². The summed E-state index contributed by atoms with van der Waals surface area (Å²) in [6.07, 6.45) is 1.67. The van der Waals surface area contributed by atoms with E-state index in [1.54, 1.807) is 42.6 Å². The molecular formula is C26H20N6O3S. The number of hydrogen-bond acceptors (Lipinski definition) is 8. The summed E-state index contributed by atoms with van der Waals surface area (Å²) in [5.74, 6) is -0.165. The minimum atomic E-state index is -0.490. The number of rotatable bonds is 6. The Labute approximate surface area is 210 Å². The van der Waals surface area contributed by atoms with Crippen LogP contribution in [0.1, 0.15) is 9.67 Å². The number of fused-ring (bicyclic) bond motifs is 1. The number of para-hydroxylation sites is 2. The SMILES string of the molecule is COC(=O)c1sc2ncccc2c1Nc1ccccc1NC(=O)Nc1ccc(-c2ccccc2)nn1. The van der Waals surface area contributed by atoms with Crippen LogP contribution in [-0.4, -0.2) is 34.3 Å². The van der Waals surface area contributed by atoms with Crippen molar-refractivity contribution in [1.29, 1.82) is 0 Å². The van der Waals surface area contributed by atoms with Crippen molar-refractivity contribution in [2.45, 2.75) is 0 Å². The predicted molar refractivity (Wildman–Crippen MR) is 141 cm³/mol. The van der Waals surface area contributed by atoms with Crippen molar-refractivity contribution in [1.82, 2.24) is 15.2 Å². The van der Waals surface area contributed by atoms with Crippen LogP contribution in [0, 0.1) is 0 Å². The van der Waals surface area contributed by atoms with Crippen molar-refractivity contribution < 1.29 is 14.3 Å². The number of thiophene rings is 1. The molecule has 3 heterocycles. The van der Waals surface area contributed by atoms with E-state index in [0.29, 0.717) is 38.3 Å². The van der Waals surface area contributed by atoms with Crippen molar-refractivity contribution >= 4 is 56.4 Å². The molecule has 3 aromatic heterocycles. The quantitative estimate of drug-likeness (QED) is 0.249. The molecule has 0 radical (unpaired) electrons. The highest BCUT2D eigenvalue weighted by Crippen LogP contribution is 2.38. The molecule has 2 amide bonds. The molecule has 0 aliphatic heterocycles. The van der Waals surface area contributed by atoms with Gasteiger partial charge in [-0.2, -0.15) is 0 Å². The predicted octanol–water partition coefficient (Wildman–Crippen LogP) is 5.93. The number of aromatic nitrogens is 3. The molecule has 178 valence electrons. The largest absolute Gasteiger partial charge is 0.465 e. The third kappa shape index (κ3) is 4.84. The number of carbonyl (C=O) groups is 2. The molecule has 0 atom stereocenters. The lowest BCUT2D eigenvalue weighted by Crippen LogP contribution is -2.21. The molecule has 0 saturated heterocycles. The third-order valence-electron chi connectivity index (χ3n) is 5.25. The first kappa shape index (κ1) is 22.9. The molecule has 5 rings (SSSR count). The number of methoxy groups -OCH3 is 1. The maximum absolute atomic E-state index is 12.7. The smallest absolute Gasteiger partial charge is 0.350 e.